The molecule has 176 valence electrons. The highest BCUT2D eigenvalue weighted by Crippen LogP contribution is 2.12. The predicted octanol–water partition coefficient (Wildman–Crippen LogP) is 9.32. The van der Waals surface area contributed by atoms with Gasteiger partial charge in [0.05, 0.1) is 0 Å². The van der Waals surface area contributed by atoms with Crippen molar-refractivity contribution in [2.45, 2.75) is 143 Å². The molecule has 0 aliphatic carbocycles. The van der Waals surface area contributed by atoms with Gasteiger partial charge < -0.3 is 0 Å². The topological polar surface area (TPSA) is 34.1 Å². The van der Waals surface area contributed by atoms with E-state index in [1.165, 1.54) is 83.5 Å². The van der Waals surface area contributed by atoms with Crippen molar-refractivity contribution in [1.29, 1.82) is 0 Å². The minimum atomic E-state index is 0.966. The minimum Gasteiger partial charge on any atom is -0.298 e. The molecular weight excluding hydrogens is 368 g/mol. The van der Waals surface area contributed by atoms with E-state index in [0.717, 1.165) is 55.8 Å². The van der Waals surface area contributed by atoms with Gasteiger partial charge in [-0.1, -0.05) is 104 Å². The summed E-state index contributed by atoms with van der Waals surface area (Å²) in [6, 6.07) is 0. The van der Waals surface area contributed by atoms with Gasteiger partial charge in [0.1, 0.15) is 12.6 Å². The zero-order chi connectivity index (χ0) is 22.7. The van der Waals surface area contributed by atoms with Crippen LogP contribution in [0.15, 0.2) is 23.3 Å². The summed E-state index contributed by atoms with van der Waals surface area (Å²) in [7, 11) is 0. The lowest BCUT2D eigenvalue weighted by molar-refractivity contribution is -0.105. The summed E-state index contributed by atoms with van der Waals surface area (Å²) in [6.07, 6.45) is 28.0. The van der Waals surface area contributed by atoms with Crippen molar-refractivity contribution >= 4 is 12.6 Å². The van der Waals surface area contributed by atoms with Crippen molar-refractivity contribution in [3.63, 3.8) is 0 Å². The molecule has 0 aromatic carbocycles. The first-order valence-corrected chi connectivity index (χ1v) is 13.0. The fourth-order valence-electron chi connectivity index (χ4n) is 3.27. The number of aldehydes is 2. The van der Waals surface area contributed by atoms with Gasteiger partial charge in [-0.3, -0.25) is 9.59 Å². The molecule has 0 heterocycles. The third-order valence-corrected chi connectivity index (χ3v) is 5.37. The third-order valence-electron chi connectivity index (χ3n) is 5.37. The first kappa shape index (κ1) is 31.0. The number of carbonyl (C=O) groups excluding carboxylic acids is 2. The molecule has 30 heavy (non-hydrogen) atoms. The Labute approximate surface area is 189 Å². The zero-order valence-corrected chi connectivity index (χ0v) is 20.9. The second-order valence-corrected chi connectivity index (χ2v) is 8.41. The molecule has 2 nitrogen and oxygen atoms in total. The largest absolute Gasteiger partial charge is 0.298 e. The van der Waals surface area contributed by atoms with Gasteiger partial charge in [0, 0.05) is 0 Å². The second kappa shape index (κ2) is 27.8. The first-order chi connectivity index (χ1) is 14.7. The first-order valence-electron chi connectivity index (χ1n) is 13.0. The van der Waals surface area contributed by atoms with Crippen LogP contribution < -0.4 is 0 Å². The van der Waals surface area contributed by atoms with Crippen LogP contribution in [0.2, 0.25) is 0 Å². The van der Waals surface area contributed by atoms with E-state index < -0.39 is 0 Å². The van der Waals surface area contributed by atoms with Gasteiger partial charge >= 0.3 is 0 Å². The maximum Gasteiger partial charge on any atom is 0.145 e. The van der Waals surface area contributed by atoms with Gasteiger partial charge in [0.15, 0.2) is 0 Å². The van der Waals surface area contributed by atoms with Crippen molar-refractivity contribution in [1.82, 2.24) is 0 Å². The summed E-state index contributed by atoms with van der Waals surface area (Å²) in [6.45, 7) is 8.81. The quantitative estimate of drug-likeness (QED) is 0.112. The van der Waals surface area contributed by atoms with Crippen LogP contribution in [-0.2, 0) is 9.59 Å². The Bertz CT molecular complexity index is 420. The van der Waals surface area contributed by atoms with E-state index in [9.17, 15) is 9.59 Å². The number of hydrogen-bond donors (Lipinski definition) is 0. The number of hydrogen-bond acceptors (Lipinski definition) is 2. The Balaban J connectivity index is 0. The average molecular weight is 421 g/mol. The van der Waals surface area contributed by atoms with Crippen LogP contribution in [0.25, 0.3) is 0 Å². The van der Waals surface area contributed by atoms with Crippen molar-refractivity contribution in [2.75, 3.05) is 0 Å². The van der Waals surface area contributed by atoms with Gasteiger partial charge in [-0.15, -0.1) is 0 Å². The molecule has 0 saturated carbocycles. The Morgan fingerprint density at radius 2 is 0.833 bits per heavy atom. The molecular formula is C28H52O2. The van der Waals surface area contributed by atoms with Gasteiger partial charge in [-0.05, 0) is 62.5 Å². The van der Waals surface area contributed by atoms with Crippen LogP contribution >= 0.6 is 0 Å². The summed E-state index contributed by atoms with van der Waals surface area (Å²) in [5.41, 5.74) is 2.02. The van der Waals surface area contributed by atoms with E-state index in [2.05, 4.69) is 39.8 Å². The van der Waals surface area contributed by atoms with Crippen LogP contribution in [-0.4, -0.2) is 12.6 Å². The number of carbonyl (C=O) groups is 2. The highest BCUT2D eigenvalue weighted by Gasteiger charge is 1.96. The lowest BCUT2D eigenvalue weighted by Crippen LogP contribution is -1.87. The van der Waals surface area contributed by atoms with Crippen molar-refractivity contribution < 1.29 is 9.59 Å². The molecule has 0 N–H and O–H groups in total. The molecule has 0 saturated heterocycles. The van der Waals surface area contributed by atoms with Crippen LogP contribution in [0.5, 0.6) is 0 Å². The maximum absolute atomic E-state index is 10.8. The minimum absolute atomic E-state index is 0.966. The van der Waals surface area contributed by atoms with Crippen LogP contribution in [0.1, 0.15) is 143 Å². The molecule has 0 spiro atoms. The molecule has 0 aromatic heterocycles. The lowest BCUT2D eigenvalue weighted by atomic mass is 10.0. The predicted molar refractivity (Wildman–Crippen MR) is 134 cm³/mol. The van der Waals surface area contributed by atoms with E-state index in [1.807, 2.05) is 0 Å². The van der Waals surface area contributed by atoms with E-state index in [0.29, 0.717) is 0 Å². The monoisotopic (exact) mass is 420 g/mol. The lowest BCUT2D eigenvalue weighted by Gasteiger charge is -2.01. The highest BCUT2D eigenvalue weighted by molar-refractivity contribution is 5.73. The number of rotatable bonds is 20. The van der Waals surface area contributed by atoms with E-state index in [1.54, 1.807) is 0 Å². The Kier molecular flexibility index (Phi) is 28.8. The standard InChI is InChI=1S/C15H28O.C13H24O/c1-3-5-7-9-11-13-15(14-16)12-10-8-6-4-2;1-3-5-7-8-9-11-13(12-14)10-6-4-2/h12,14H,3-11,13H2,1-2H3;11-12H,3-10H2,1-2H3. The number of unbranched alkanes of at least 4 members (excludes halogenated alkanes) is 12. The molecule has 0 aliphatic rings. The molecule has 0 rings (SSSR count). The summed E-state index contributed by atoms with van der Waals surface area (Å²) >= 11 is 0. The van der Waals surface area contributed by atoms with Gasteiger partial charge in [0.25, 0.3) is 0 Å². The average Bonchev–Trinajstić information content (AvgIpc) is 2.77. The van der Waals surface area contributed by atoms with Crippen molar-refractivity contribution in [3.8, 4) is 0 Å². The smallest absolute Gasteiger partial charge is 0.145 e. The van der Waals surface area contributed by atoms with Gasteiger partial charge in [0.2, 0.25) is 0 Å². The Morgan fingerprint density at radius 3 is 1.30 bits per heavy atom. The van der Waals surface area contributed by atoms with E-state index in [-0.39, 0.29) is 0 Å². The van der Waals surface area contributed by atoms with Crippen molar-refractivity contribution in [3.05, 3.63) is 23.3 Å². The fraction of sp³-hybridized carbons (Fsp3) is 0.786. The summed E-state index contributed by atoms with van der Waals surface area (Å²) in [5.74, 6) is 0. The Morgan fingerprint density at radius 1 is 0.467 bits per heavy atom. The summed E-state index contributed by atoms with van der Waals surface area (Å²) in [4.78, 5) is 21.5. The summed E-state index contributed by atoms with van der Waals surface area (Å²) in [5, 5.41) is 0. The Hall–Kier alpha value is -1.18. The molecule has 0 amide bonds. The zero-order valence-electron chi connectivity index (χ0n) is 20.9. The van der Waals surface area contributed by atoms with Crippen LogP contribution in [0, 0.1) is 0 Å². The third kappa shape index (κ3) is 24.9. The van der Waals surface area contributed by atoms with Crippen molar-refractivity contribution in [2.24, 2.45) is 0 Å². The normalized spacial score (nSPS) is 11.7. The molecule has 0 aromatic rings. The molecule has 0 aliphatic heterocycles. The SMILES string of the molecule is CCCCCC=C(C=O)CCCCCCC.CCCCCCC=C(C=O)CCCC. The molecule has 0 fully saturated rings. The summed E-state index contributed by atoms with van der Waals surface area (Å²) < 4.78 is 0. The van der Waals surface area contributed by atoms with Crippen LogP contribution in [0.4, 0.5) is 0 Å². The second-order valence-electron chi connectivity index (χ2n) is 8.41. The fourth-order valence-corrected chi connectivity index (χ4v) is 3.27. The number of allylic oxidation sites excluding steroid dienone is 4. The maximum atomic E-state index is 10.8. The van der Waals surface area contributed by atoms with E-state index in [4.69, 9.17) is 0 Å². The molecule has 0 radical (unpaired) electrons. The van der Waals surface area contributed by atoms with Gasteiger partial charge in [-0.25, -0.2) is 0 Å². The molecule has 0 bridgehead atoms. The van der Waals surface area contributed by atoms with Crippen LogP contribution in [0.3, 0.4) is 0 Å². The van der Waals surface area contributed by atoms with Gasteiger partial charge in [-0.2, -0.15) is 0 Å². The molecule has 0 atom stereocenters. The molecule has 2 heteroatoms. The molecule has 0 unspecified atom stereocenters. The highest BCUT2D eigenvalue weighted by atomic mass is 16.1. The van der Waals surface area contributed by atoms with E-state index >= 15 is 0 Å².